The Kier molecular flexibility index (Phi) is 3.41. The normalized spacial score (nSPS) is 7.92. The predicted octanol–water partition coefficient (Wildman–Crippen LogP) is -0.779. The van der Waals surface area contributed by atoms with Crippen molar-refractivity contribution in [2.75, 3.05) is 0 Å². The minimum atomic E-state index is -1.93. The molecule has 0 spiro atoms. The first-order valence-electron chi connectivity index (χ1n) is 2.36. The van der Waals surface area contributed by atoms with Crippen LogP contribution >= 0.6 is 0 Å². The van der Waals surface area contributed by atoms with E-state index in [0.717, 1.165) is 6.26 Å². The topological polar surface area (TPSA) is 149 Å². The van der Waals surface area contributed by atoms with Crippen molar-refractivity contribution >= 4 is 6.09 Å². The lowest BCUT2D eigenvalue weighted by Gasteiger charge is -2.03. The Labute approximate surface area is 68.8 Å². The molecule has 0 bridgehead atoms. The maximum Gasteiger partial charge on any atom is 0.512 e. The number of carbonyl (C=O) groups excluding carboxylic acids is 1. The molecule has 1 amide bonds. The maximum absolute atomic E-state index is 10.3. The van der Waals surface area contributed by atoms with Crippen LogP contribution in [0.2, 0.25) is 0 Å². The highest BCUT2D eigenvalue weighted by atomic mass is 17.1. The summed E-state index contributed by atoms with van der Waals surface area (Å²) in [5, 5.41) is 23.0. The molecule has 11 heteroatoms. The third kappa shape index (κ3) is 3.32. The minimum Gasteiger partial charge on any atom is -0.328 e. The zero-order valence-electron chi connectivity index (χ0n) is 5.65. The van der Waals surface area contributed by atoms with Crippen LogP contribution in [0, 0.1) is 31.7 Å². The van der Waals surface area contributed by atoms with E-state index in [1.165, 1.54) is 0 Å². The van der Waals surface area contributed by atoms with Gasteiger partial charge in [0.05, 0.1) is 0 Å². The molecule has 13 heavy (non-hydrogen) atoms. The molecule has 0 radical (unpaired) electrons. The first-order valence-corrected chi connectivity index (χ1v) is 2.36. The average Bonchev–Trinajstić information content (AvgIpc) is 1.99. The monoisotopic (exact) mass is 192 g/mol. The summed E-state index contributed by atoms with van der Waals surface area (Å²) in [6.45, 7) is 0. The second-order valence-corrected chi connectivity index (χ2v) is 1.28. The van der Waals surface area contributed by atoms with Gasteiger partial charge in [-0.25, -0.2) is 14.9 Å². The van der Waals surface area contributed by atoms with Crippen molar-refractivity contribution in [2.24, 2.45) is 0 Å². The van der Waals surface area contributed by atoms with Crippen LogP contribution in [0.4, 0.5) is 4.79 Å². The first-order chi connectivity index (χ1) is 5.99. The molecule has 70 valence electrons. The van der Waals surface area contributed by atoms with Crippen molar-refractivity contribution in [3.63, 3.8) is 0 Å². The second kappa shape index (κ2) is 4.28. The number of nitro groups is 1. The molecule has 0 aliphatic carbocycles. The number of rotatable bonds is 3. The lowest BCUT2D eigenvalue weighted by atomic mass is 11.2. The zero-order chi connectivity index (χ0) is 10.4. The molecule has 0 unspecified atom stereocenters. The predicted molar refractivity (Wildman–Crippen MR) is 29.0 cm³/mol. The van der Waals surface area contributed by atoms with Crippen LogP contribution in [-0.4, -0.2) is 21.4 Å². The molecule has 0 rings (SSSR count). The number of ether oxygens (including phenoxy) is 1. The summed E-state index contributed by atoms with van der Waals surface area (Å²) in [6.07, 6.45) is -1.15. The summed E-state index contributed by atoms with van der Waals surface area (Å²) in [4.78, 5) is 32.9. The largest absolute Gasteiger partial charge is 0.512 e. The standard InChI is InChI=1S/C2N4O7/c3-1-12-2(7)4(5(8)9)13-6(10)11. The van der Waals surface area contributed by atoms with Gasteiger partial charge in [0.25, 0.3) is 6.26 Å². The summed E-state index contributed by atoms with van der Waals surface area (Å²) in [5.41, 5.74) is 0. The van der Waals surface area contributed by atoms with Gasteiger partial charge in [0, 0.05) is 0 Å². The van der Waals surface area contributed by atoms with E-state index in [-0.39, 0.29) is 0 Å². The summed E-state index contributed by atoms with van der Waals surface area (Å²) in [7, 11) is 0. The summed E-state index contributed by atoms with van der Waals surface area (Å²) in [5.74, 6) is 0. The summed E-state index contributed by atoms with van der Waals surface area (Å²) < 4.78 is 3.39. The summed E-state index contributed by atoms with van der Waals surface area (Å²) in [6, 6.07) is 0. The molecule has 0 fully saturated rings. The van der Waals surface area contributed by atoms with Crippen molar-refractivity contribution in [3.05, 3.63) is 20.2 Å². The third-order valence-corrected chi connectivity index (χ3v) is 0.581. The van der Waals surface area contributed by atoms with E-state index in [2.05, 4.69) is 9.68 Å². The number of hydrogen-bond donors (Lipinski definition) is 0. The molecular weight excluding hydrogens is 192 g/mol. The van der Waals surface area contributed by atoms with E-state index in [4.69, 9.17) is 5.26 Å². The molecule has 0 atom stereocenters. The van der Waals surface area contributed by atoms with Gasteiger partial charge >= 0.3 is 11.2 Å². The average molecular weight is 192 g/mol. The Morgan fingerprint density at radius 2 is 2.00 bits per heavy atom. The highest BCUT2D eigenvalue weighted by Crippen LogP contribution is 1.95. The van der Waals surface area contributed by atoms with Gasteiger partial charge in [0.2, 0.25) is 0 Å². The molecule has 0 heterocycles. The number of amides is 1. The molecule has 0 aromatic heterocycles. The smallest absolute Gasteiger partial charge is 0.328 e. The molecule has 0 aliphatic rings. The number of nitriles is 1. The van der Waals surface area contributed by atoms with Crippen LogP contribution in [0.1, 0.15) is 0 Å². The lowest BCUT2D eigenvalue weighted by molar-refractivity contribution is -0.904. The number of hydrazine groups is 1. The van der Waals surface area contributed by atoms with Crippen molar-refractivity contribution < 1.29 is 24.6 Å². The Hall–Kier alpha value is -2.64. The van der Waals surface area contributed by atoms with Crippen LogP contribution in [0.5, 0.6) is 0 Å². The first kappa shape index (κ1) is 10.4. The number of hydroxylamine groups is 1. The fraction of sp³-hybridized carbons (Fsp3) is 0. The Morgan fingerprint density at radius 1 is 1.46 bits per heavy atom. The Bertz CT molecular complexity index is 279. The number of hydrogen-bond acceptors (Lipinski definition) is 8. The van der Waals surface area contributed by atoms with Gasteiger partial charge in [-0.05, 0) is 0 Å². The molecule has 0 saturated heterocycles. The molecule has 0 saturated carbocycles. The highest BCUT2D eigenvalue weighted by Gasteiger charge is 2.31. The van der Waals surface area contributed by atoms with Crippen LogP contribution in [-0.2, 0) is 9.68 Å². The maximum atomic E-state index is 10.3. The van der Waals surface area contributed by atoms with Gasteiger partial charge < -0.3 is 4.74 Å². The van der Waals surface area contributed by atoms with Gasteiger partial charge in [-0.3, -0.25) is 0 Å². The van der Waals surface area contributed by atoms with E-state index in [9.17, 15) is 25.0 Å². The third-order valence-electron chi connectivity index (χ3n) is 0.581. The summed E-state index contributed by atoms with van der Waals surface area (Å²) >= 11 is 0. The zero-order valence-corrected chi connectivity index (χ0v) is 5.65. The minimum absolute atomic E-state index is 0.778. The molecule has 11 nitrogen and oxygen atoms in total. The van der Waals surface area contributed by atoms with Gasteiger partial charge in [0.1, 0.15) is 0 Å². The van der Waals surface area contributed by atoms with Gasteiger partial charge in [0.15, 0.2) is 10.2 Å². The van der Waals surface area contributed by atoms with E-state index in [0.29, 0.717) is 0 Å². The van der Waals surface area contributed by atoms with Crippen LogP contribution in [0.3, 0.4) is 0 Å². The molecule has 0 N–H and O–H groups in total. The van der Waals surface area contributed by atoms with Gasteiger partial charge in [-0.1, -0.05) is 0 Å². The van der Waals surface area contributed by atoms with Crippen LogP contribution < -0.4 is 0 Å². The van der Waals surface area contributed by atoms with Crippen molar-refractivity contribution in [3.8, 4) is 6.26 Å². The molecule has 0 aliphatic heterocycles. The fourth-order valence-electron chi connectivity index (χ4n) is 0.271. The Morgan fingerprint density at radius 3 is 2.31 bits per heavy atom. The van der Waals surface area contributed by atoms with Crippen LogP contribution in [0.25, 0.3) is 0 Å². The van der Waals surface area contributed by atoms with Gasteiger partial charge in [-0.2, -0.15) is 0 Å². The van der Waals surface area contributed by atoms with Crippen LogP contribution in [0.15, 0.2) is 0 Å². The number of nitrogens with zero attached hydrogens (tertiary/aromatic N) is 4. The van der Waals surface area contributed by atoms with E-state index in [1.54, 1.807) is 0 Å². The SMILES string of the molecule is N#COC(=O)N(O[N+](=O)[O-])[N+](=O)[O-]. The molecule has 0 aromatic rings. The lowest BCUT2D eigenvalue weighted by Crippen LogP contribution is -2.37. The van der Waals surface area contributed by atoms with Crippen molar-refractivity contribution in [2.45, 2.75) is 0 Å². The van der Waals surface area contributed by atoms with E-state index < -0.39 is 21.4 Å². The molecule has 0 aromatic carbocycles. The second-order valence-electron chi connectivity index (χ2n) is 1.28. The Balaban J connectivity index is 4.44. The van der Waals surface area contributed by atoms with Crippen molar-refractivity contribution in [1.29, 1.82) is 5.26 Å². The van der Waals surface area contributed by atoms with Crippen molar-refractivity contribution in [1.82, 2.24) is 5.17 Å². The van der Waals surface area contributed by atoms with Gasteiger partial charge in [-0.15, -0.1) is 20.3 Å². The fourth-order valence-corrected chi connectivity index (χ4v) is 0.271. The van der Waals surface area contributed by atoms with E-state index >= 15 is 0 Å². The quantitative estimate of drug-likeness (QED) is 0.321. The number of carbonyl (C=O) groups is 1. The van der Waals surface area contributed by atoms with E-state index in [1.807, 2.05) is 0 Å². The molecular formula is C2N4O7. The highest BCUT2D eigenvalue weighted by molar-refractivity contribution is 5.65.